The highest BCUT2D eigenvalue weighted by Crippen LogP contribution is 2.53. The number of rotatable bonds is 4. The van der Waals surface area contributed by atoms with Gasteiger partial charge in [0.1, 0.15) is 0 Å². The maximum atomic E-state index is 5.25. The molecule has 0 atom stereocenters. The summed E-state index contributed by atoms with van der Waals surface area (Å²) in [5.74, 6) is 1.91. The Morgan fingerprint density at radius 1 is 0.379 bits per heavy atom. The quantitative estimate of drug-likeness (QED) is 0.169. The predicted molar refractivity (Wildman–Crippen MR) is 241 cm³/mol. The van der Waals surface area contributed by atoms with Crippen LogP contribution in [0.15, 0.2) is 182 Å². The third kappa shape index (κ3) is 4.66. The van der Waals surface area contributed by atoms with Crippen LogP contribution in [0.1, 0.15) is 25.0 Å². The predicted octanol–water partition coefficient (Wildman–Crippen LogP) is 13.7. The lowest BCUT2D eigenvalue weighted by atomic mass is 9.82. The van der Waals surface area contributed by atoms with Gasteiger partial charge in [0, 0.05) is 38.3 Å². The zero-order valence-electron chi connectivity index (χ0n) is 32.1. The molecule has 0 saturated carbocycles. The summed E-state index contributed by atoms with van der Waals surface area (Å²) in [5.41, 5.74) is 11.5. The number of benzene rings is 9. The summed E-state index contributed by atoms with van der Waals surface area (Å²) in [4.78, 5) is 15.5. The van der Waals surface area contributed by atoms with Crippen molar-refractivity contribution in [2.45, 2.75) is 19.3 Å². The molecule has 0 bridgehead atoms. The minimum atomic E-state index is -0.114. The average Bonchev–Trinajstić information content (AvgIpc) is 3.74. The van der Waals surface area contributed by atoms with E-state index < -0.39 is 0 Å². The monoisotopic (exact) mass is 740 g/mol. The van der Waals surface area contributed by atoms with E-state index in [4.69, 9.17) is 15.0 Å². The summed E-state index contributed by atoms with van der Waals surface area (Å²) < 4.78 is 2.50. The van der Waals surface area contributed by atoms with Crippen molar-refractivity contribution < 1.29 is 0 Å². The Kier molecular flexibility index (Phi) is 6.94. The highest BCUT2D eigenvalue weighted by molar-refractivity contribution is 6.29. The standard InChI is InChI=1S/C54H36N4/c1-54(2)43-27-15-13-25-40(43)49-44(54)29-30-46-50(49)41-26-14-16-28-45(41)58(46)47-32-35(31-42-38-23-10-9-21-36(38)37-22-11-12-24-39(37)48(42)47)53-56-51(33-17-5-3-6-18-33)55-52(57-53)34-19-7-4-8-20-34/h3-32H,1-2H3. The molecule has 0 amide bonds. The molecule has 0 fully saturated rings. The summed E-state index contributed by atoms with van der Waals surface area (Å²) >= 11 is 0. The van der Waals surface area contributed by atoms with Crippen molar-refractivity contribution in [1.29, 1.82) is 0 Å². The van der Waals surface area contributed by atoms with Crippen LogP contribution in [0.5, 0.6) is 0 Å². The van der Waals surface area contributed by atoms with E-state index in [2.05, 4.69) is 164 Å². The summed E-state index contributed by atoms with van der Waals surface area (Å²) in [6.07, 6.45) is 0. The minimum absolute atomic E-state index is 0.114. The Morgan fingerprint density at radius 2 is 0.897 bits per heavy atom. The van der Waals surface area contributed by atoms with Gasteiger partial charge in [-0.05, 0) is 73.5 Å². The van der Waals surface area contributed by atoms with Crippen molar-refractivity contribution in [3.05, 3.63) is 193 Å². The van der Waals surface area contributed by atoms with Gasteiger partial charge in [-0.25, -0.2) is 15.0 Å². The van der Waals surface area contributed by atoms with Crippen LogP contribution >= 0.6 is 0 Å². The van der Waals surface area contributed by atoms with Crippen LogP contribution in [0, 0.1) is 0 Å². The summed E-state index contributed by atoms with van der Waals surface area (Å²) in [6, 6.07) is 65.3. The van der Waals surface area contributed by atoms with Crippen molar-refractivity contribution in [2.75, 3.05) is 0 Å². The van der Waals surface area contributed by atoms with E-state index in [0.29, 0.717) is 17.5 Å². The largest absolute Gasteiger partial charge is 0.309 e. The van der Waals surface area contributed by atoms with Crippen LogP contribution in [-0.2, 0) is 5.41 Å². The molecule has 0 N–H and O–H groups in total. The van der Waals surface area contributed by atoms with Crippen molar-refractivity contribution in [1.82, 2.24) is 19.5 Å². The number of aromatic nitrogens is 4. The highest BCUT2D eigenvalue weighted by Gasteiger charge is 2.37. The second kappa shape index (κ2) is 12.3. The fourth-order valence-electron chi connectivity index (χ4n) is 9.77. The lowest BCUT2D eigenvalue weighted by Gasteiger charge is -2.21. The first-order valence-electron chi connectivity index (χ1n) is 20.0. The number of fused-ring (bicyclic) bond motifs is 13. The Hall–Kier alpha value is -7.43. The number of para-hydroxylation sites is 1. The van der Waals surface area contributed by atoms with Crippen LogP contribution < -0.4 is 0 Å². The van der Waals surface area contributed by atoms with Crippen molar-refractivity contribution in [3.63, 3.8) is 0 Å². The number of nitrogens with zero attached hydrogens (tertiary/aromatic N) is 4. The molecule has 272 valence electrons. The van der Waals surface area contributed by atoms with Crippen LogP contribution in [0.3, 0.4) is 0 Å². The van der Waals surface area contributed by atoms with Crippen molar-refractivity contribution in [2.24, 2.45) is 0 Å². The van der Waals surface area contributed by atoms with Gasteiger partial charge in [0.25, 0.3) is 0 Å². The SMILES string of the molecule is CC1(C)c2ccccc2-c2c1ccc1c2c2ccccc2n1-c1cc(-c2nc(-c3ccccc3)nc(-c3ccccc3)n2)cc2c3ccccc3c3ccccc3c12. The van der Waals surface area contributed by atoms with Gasteiger partial charge in [-0.15, -0.1) is 0 Å². The molecule has 1 aliphatic carbocycles. The van der Waals surface area contributed by atoms with Crippen LogP contribution in [0.2, 0.25) is 0 Å². The Bertz CT molecular complexity index is 3410. The normalized spacial score (nSPS) is 13.1. The Balaban J connectivity index is 1.25. The fraction of sp³-hybridized carbons (Fsp3) is 0.0556. The fourth-order valence-corrected chi connectivity index (χ4v) is 9.77. The molecule has 12 rings (SSSR count). The molecule has 0 unspecified atom stereocenters. The van der Waals surface area contributed by atoms with E-state index in [1.807, 2.05) is 36.4 Å². The van der Waals surface area contributed by atoms with E-state index in [-0.39, 0.29) is 5.41 Å². The summed E-state index contributed by atoms with van der Waals surface area (Å²) in [5, 5.41) is 9.73. The number of hydrogen-bond acceptors (Lipinski definition) is 3. The maximum absolute atomic E-state index is 5.25. The van der Waals surface area contributed by atoms with Crippen LogP contribution in [-0.4, -0.2) is 19.5 Å². The summed E-state index contributed by atoms with van der Waals surface area (Å²) in [6.45, 7) is 4.72. The first kappa shape index (κ1) is 32.8. The molecule has 4 heteroatoms. The Labute approximate surface area is 335 Å². The van der Waals surface area contributed by atoms with E-state index in [0.717, 1.165) is 33.3 Å². The molecule has 4 nitrogen and oxygen atoms in total. The summed E-state index contributed by atoms with van der Waals surface area (Å²) in [7, 11) is 0. The number of hydrogen-bond donors (Lipinski definition) is 0. The van der Waals surface area contributed by atoms with Gasteiger partial charge < -0.3 is 4.57 Å². The van der Waals surface area contributed by atoms with Crippen molar-refractivity contribution >= 4 is 54.1 Å². The molecule has 0 aliphatic heterocycles. The van der Waals surface area contributed by atoms with Gasteiger partial charge in [0.15, 0.2) is 17.5 Å². The zero-order valence-corrected chi connectivity index (χ0v) is 32.1. The van der Waals surface area contributed by atoms with Gasteiger partial charge in [-0.2, -0.15) is 0 Å². The molecule has 0 spiro atoms. The van der Waals surface area contributed by atoms with Crippen LogP contribution in [0.25, 0.3) is 105 Å². The minimum Gasteiger partial charge on any atom is -0.309 e. The molecule has 9 aromatic carbocycles. The Morgan fingerprint density at radius 3 is 1.57 bits per heavy atom. The zero-order chi connectivity index (χ0) is 38.5. The molecule has 0 saturated heterocycles. The van der Waals surface area contributed by atoms with E-state index in [1.165, 1.54) is 65.5 Å². The van der Waals surface area contributed by atoms with Gasteiger partial charge >= 0.3 is 0 Å². The smallest absolute Gasteiger partial charge is 0.164 e. The van der Waals surface area contributed by atoms with Gasteiger partial charge in [0.2, 0.25) is 0 Å². The molecular formula is C54H36N4. The highest BCUT2D eigenvalue weighted by atomic mass is 15.0. The lowest BCUT2D eigenvalue weighted by molar-refractivity contribution is 0.661. The molecule has 11 aromatic rings. The third-order valence-electron chi connectivity index (χ3n) is 12.4. The van der Waals surface area contributed by atoms with E-state index in [9.17, 15) is 0 Å². The van der Waals surface area contributed by atoms with Gasteiger partial charge in [-0.1, -0.05) is 172 Å². The third-order valence-corrected chi connectivity index (χ3v) is 12.4. The first-order chi connectivity index (χ1) is 28.5. The second-order valence-electron chi connectivity index (χ2n) is 16.0. The molecular weight excluding hydrogens is 705 g/mol. The maximum Gasteiger partial charge on any atom is 0.164 e. The topological polar surface area (TPSA) is 43.6 Å². The first-order valence-corrected chi connectivity index (χ1v) is 20.0. The van der Waals surface area contributed by atoms with Crippen molar-refractivity contribution in [3.8, 4) is 51.0 Å². The molecule has 58 heavy (non-hydrogen) atoms. The van der Waals surface area contributed by atoms with Gasteiger partial charge in [-0.3, -0.25) is 0 Å². The molecule has 2 heterocycles. The average molecular weight is 741 g/mol. The lowest BCUT2D eigenvalue weighted by Crippen LogP contribution is -2.14. The van der Waals surface area contributed by atoms with Crippen LogP contribution in [0.4, 0.5) is 0 Å². The molecule has 2 aromatic heterocycles. The second-order valence-corrected chi connectivity index (χ2v) is 16.0. The van der Waals surface area contributed by atoms with Gasteiger partial charge in [0.05, 0.1) is 16.7 Å². The molecule has 0 radical (unpaired) electrons. The van der Waals surface area contributed by atoms with E-state index in [1.54, 1.807) is 0 Å². The van der Waals surface area contributed by atoms with E-state index >= 15 is 0 Å². The molecule has 1 aliphatic rings.